The van der Waals surface area contributed by atoms with E-state index in [-0.39, 0.29) is 30.4 Å². The fourth-order valence-corrected chi connectivity index (χ4v) is 3.05. The van der Waals surface area contributed by atoms with Crippen molar-refractivity contribution in [1.82, 2.24) is 15.2 Å². The topological polar surface area (TPSA) is 45.2 Å². The molecule has 4 nitrogen and oxygen atoms in total. The maximum atomic E-state index is 12.5. The minimum absolute atomic E-state index is 0. The number of likely N-dealkylation sites (tertiary alicyclic amines) is 1. The molecule has 0 radical (unpaired) electrons. The molecule has 1 aromatic rings. The number of carbonyl (C=O) groups is 1. The van der Waals surface area contributed by atoms with Crippen molar-refractivity contribution in [3.63, 3.8) is 0 Å². The first-order valence-electron chi connectivity index (χ1n) is 6.80. The zero-order valence-corrected chi connectivity index (χ0v) is 11.7. The van der Waals surface area contributed by atoms with Crippen LogP contribution in [-0.2, 0) is 4.79 Å². The summed E-state index contributed by atoms with van der Waals surface area (Å²) in [7, 11) is 0. The van der Waals surface area contributed by atoms with Crippen molar-refractivity contribution in [2.45, 2.75) is 37.8 Å². The summed E-state index contributed by atoms with van der Waals surface area (Å²) in [5.41, 5.74) is 1.17. The number of pyridine rings is 1. The van der Waals surface area contributed by atoms with Crippen molar-refractivity contribution < 1.29 is 4.79 Å². The van der Waals surface area contributed by atoms with Crippen LogP contribution in [0.4, 0.5) is 0 Å². The molecule has 2 atom stereocenters. The van der Waals surface area contributed by atoms with Crippen LogP contribution >= 0.6 is 12.4 Å². The fourth-order valence-electron chi connectivity index (χ4n) is 3.05. The molecule has 1 N–H and O–H groups in total. The lowest BCUT2D eigenvalue weighted by molar-refractivity contribution is -0.134. The Morgan fingerprint density at radius 3 is 2.95 bits per heavy atom. The van der Waals surface area contributed by atoms with E-state index >= 15 is 0 Å². The van der Waals surface area contributed by atoms with Gasteiger partial charge in [-0.2, -0.15) is 0 Å². The lowest BCUT2D eigenvalue weighted by atomic mass is 10.1. The molecule has 1 unspecified atom stereocenters. The normalized spacial score (nSPS) is 26.2. The highest BCUT2D eigenvalue weighted by molar-refractivity contribution is 5.85. The maximum absolute atomic E-state index is 12.5. The van der Waals surface area contributed by atoms with Crippen molar-refractivity contribution in [2.24, 2.45) is 0 Å². The molecular weight excluding hydrogens is 262 g/mol. The van der Waals surface area contributed by atoms with Crippen molar-refractivity contribution in [3.8, 4) is 0 Å². The second-order valence-corrected chi connectivity index (χ2v) is 5.12. The van der Waals surface area contributed by atoms with Crippen molar-refractivity contribution in [3.05, 3.63) is 30.1 Å². The lowest BCUT2D eigenvalue weighted by Gasteiger charge is -2.27. The second kappa shape index (κ2) is 6.35. The molecule has 2 fully saturated rings. The fraction of sp³-hybridized carbons (Fsp3) is 0.571. The van der Waals surface area contributed by atoms with Gasteiger partial charge in [0.15, 0.2) is 0 Å². The predicted octanol–water partition coefficient (Wildman–Crippen LogP) is 1.92. The van der Waals surface area contributed by atoms with E-state index in [1.807, 2.05) is 17.2 Å². The summed E-state index contributed by atoms with van der Waals surface area (Å²) in [5, 5.41) is 3.30. The Bertz CT molecular complexity index is 420. The number of nitrogens with zero attached hydrogens (tertiary/aromatic N) is 2. The number of halogens is 1. The molecule has 1 aromatic heterocycles. The zero-order valence-electron chi connectivity index (χ0n) is 10.9. The Labute approximate surface area is 120 Å². The molecule has 2 aliphatic heterocycles. The number of amides is 1. The number of aromatic nitrogens is 1. The summed E-state index contributed by atoms with van der Waals surface area (Å²) in [6.45, 7) is 1.86. The first-order valence-corrected chi connectivity index (χ1v) is 6.80. The maximum Gasteiger partial charge on any atom is 0.240 e. The summed E-state index contributed by atoms with van der Waals surface area (Å²) in [6, 6.07) is 4.30. The van der Waals surface area contributed by atoms with Crippen LogP contribution in [0.5, 0.6) is 0 Å². The third-order valence-corrected chi connectivity index (χ3v) is 3.96. The summed E-state index contributed by atoms with van der Waals surface area (Å²) in [4.78, 5) is 18.7. The highest BCUT2D eigenvalue weighted by atomic mass is 35.5. The molecule has 0 bridgehead atoms. The van der Waals surface area contributed by atoms with Crippen LogP contribution in [0.1, 0.15) is 37.3 Å². The Morgan fingerprint density at radius 1 is 1.37 bits per heavy atom. The summed E-state index contributed by atoms with van der Waals surface area (Å²) in [6.07, 6.45) is 7.92. The van der Waals surface area contributed by atoms with E-state index in [9.17, 15) is 4.79 Å². The first kappa shape index (κ1) is 14.3. The van der Waals surface area contributed by atoms with Crippen molar-refractivity contribution in [2.75, 3.05) is 13.1 Å². The number of hydrogen-bond donors (Lipinski definition) is 1. The second-order valence-electron chi connectivity index (χ2n) is 5.12. The molecule has 0 aliphatic carbocycles. The molecule has 1 amide bonds. The first-order chi connectivity index (χ1) is 8.86. The number of rotatable bonds is 2. The molecule has 3 rings (SSSR count). The van der Waals surface area contributed by atoms with E-state index < -0.39 is 0 Å². The summed E-state index contributed by atoms with van der Waals surface area (Å²) < 4.78 is 0. The molecule has 0 spiro atoms. The molecule has 19 heavy (non-hydrogen) atoms. The summed E-state index contributed by atoms with van der Waals surface area (Å²) in [5.74, 6) is 0.277. The van der Waals surface area contributed by atoms with Gasteiger partial charge in [-0.25, -0.2) is 0 Å². The van der Waals surface area contributed by atoms with E-state index in [1.165, 1.54) is 5.56 Å². The molecule has 2 aliphatic rings. The Morgan fingerprint density at radius 2 is 2.26 bits per heavy atom. The minimum Gasteiger partial charge on any atom is -0.334 e. The third-order valence-electron chi connectivity index (χ3n) is 3.96. The van der Waals surface area contributed by atoms with Crippen LogP contribution in [-0.4, -0.2) is 34.9 Å². The third kappa shape index (κ3) is 2.90. The Kier molecular flexibility index (Phi) is 4.77. The van der Waals surface area contributed by atoms with E-state index in [4.69, 9.17) is 0 Å². The zero-order chi connectivity index (χ0) is 12.4. The molecule has 2 saturated heterocycles. The molecular formula is C14H20ClN3O. The highest BCUT2D eigenvalue weighted by Gasteiger charge is 2.34. The van der Waals surface area contributed by atoms with E-state index in [2.05, 4.69) is 16.4 Å². The predicted molar refractivity (Wildman–Crippen MR) is 76.2 cm³/mol. The van der Waals surface area contributed by atoms with Crippen molar-refractivity contribution in [1.29, 1.82) is 0 Å². The van der Waals surface area contributed by atoms with Gasteiger partial charge in [0.05, 0.1) is 12.1 Å². The Balaban J connectivity index is 0.00000133. The van der Waals surface area contributed by atoms with E-state index in [1.54, 1.807) is 6.20 Å². The summed E-state index contributed by atoms with van der Waals surface area (Å²) >= 11 is 0. The van der Waals surface area contributed by atoms with E-state index in [0.717, 1.165) is 38.8 Å². The number of hydrogen-bond acceptors (Lipinski definition) is 3. The number of nitrogens with one attached hydrogen (secondary N) is 1. The van der Waals surface area contributed by atoms with Gasteiger partial charge in [-0.15, -0.1) is 12.4 Å². The SMILES string of the molecule is Cl.O=C([C@@H]1CCCN1)N1CCCC1c1cccnc1. The lowest BCUT2D eigenvalue weighted by Crippen LogP contribution is -2.43. The quantitative estimate of drug-likeness (QED) is 0.901. The molecule has 104 valence electrons. The largest absolute Gasteiger partial charge is 0.334 e. The van der Waals surface area contributed by atoms with Gasteiger partial charge in [-0.1, -0.05) is 6.07 Å². The minimum atomic E-state index is 0. The average molecular weight is 282 g/mol. The highest BCUT2D eigenvalue weighted by Crippen LogP contribution is 2.32. The van der Waals surface area contributed by atoms with Crippen LogP contribution in [0.15, 0.2) is 24.5 Å². The molecule has 3 heterocycles. The molecule has 5 heteroatoms. The smallest absolute Gasteiger partial charge is 0.240 e. The Hall–Kier alpha value is -1.13. The monoisotopic (exact) mass is 281 g/mol. The van der Waals surface area contributed by atoms with Crippen LogP contribution in [0.25, 0.3) is 0 Å². The van der Waals surface area contributed by atoms with Crippen LogP contribution in [0.3, 0.4) is 0 Å². The van der Waals surface area contributed by atoms with Gasteiger partial charge in [0.1, 0.15) is 0 Å². The van der Waals surface area contributed by atoms with Gasteiger partial charge in [-0.05, 0) is 43.9 Å². The standard InChI is InChI=1S/C14H19N3O.ClH/c18-14(12-5-2-8-16-12)17-9-3-6-13(17)11-4-1-7-15-10-11;/h1,4,7,10,12-13,16H,2-3,5-6,8-9H2;1H/t12-,13?;/m0./s1. The number of carbonyl (C=O) groups excluding carboxylic acids is 1. The van der Waals surface area contributed by atoms with E-state index in [0.29, 0.717) is 0 Å². The molecule has 0 saturated carbocycles. The van der Waals surface area contributed by atoms with Gasteiger partial charge >= 0.3 is 0 Å². The van der Waals surface area contributed by atoms with Gasteiger partial charge in [0.2, 0.25) is 5.91 Å². The molecule has 0 aromatic carbocycles. The van der Waals surface area contributed by atoms with Gasteiger partial charge in [-0.3, -0.25) is 9.78 Å². The van der Waals surface area contributed by atoms with Gasteiger partial charge in [0.25, 0.3) is 0 Å². The average Bonchev–Trinajstić information content (AvgIpc) is 3.10. The van der Waals surface area contributed by atoms with Crippen LogP contribution in [0.2, 0.25) is 0 Å². The van der Waals surface area contributed by atoms with Crippen LogP contribution in [0, 0.1) is 0 Å². The van der Waals surface area contributed by atoms with Gasteiger partial charge in [0, 0.05) is 18.9 Å². The van der Waals surface area contributed by atoms with Crippen molar-refractivity contribution >= 4 is 18.3 Å². The van der Waals surface area contributed by atoms with Gasteiger partial charge < -0.3 is 10.2 Å². The van der Waals surface area contributed by atoms with Crippen LogP contribution < -0.4 is 5.32 Å².